The van der Waals surface area contributed by atoms with Crippen LogP contribution in [0.1, 0.15) is 5.69 Å². The molecular formula is C13H14BrNO2. The summed E-state index contributed by atoms with van der Waals surface area (Å²) in [4.78, 5) is 0. The number of halogens is 1. The molecule has 0 radical (unpaired) electrons. The lowest BCUT2D eigenvalue weighted by Crippen LogP contribution is -1.96. The fraction of sp³-hybridized carbons (Fsp3) is 0.231. The molecule has 0 aliphatic rings. The molecule has 0 saturated carbocycles. The van der Waals surface area contributed by atoms with Gasteiger partial charge in [0.05, 0.1) is 16.6 Å². The van der Waals surface area contributed by atoms with E-state index in [4.69, 9.17) is 4.74 Å². The first-order chi connectivity index (χ1) is 8.17. The van der Waals surface area contributed by atoms with Crippen LogP contribution < -0.4 is 4.74 Å². The minimum atomic E-state index is 0.0334. The van der Waals surface area contributed by atoms with Crippen LogP contribution in [0.25, 0.3) is 10.9 Å². The molecule has 0 bridgehead atoms. The number of nitrogens with zero attached hydrogens (tertiary/aromatic N) is 1. The maximum atomic E-state index is 9.22. The highest BCUT2D eigenvalue weighted by Gasteiger charge is 2.09. The normalized spacial score (nSPS) is 10.8. The van der Waals surface area contributed by atoms with Crippen molar-refractivity contribution in [1.29, 1.82) is 0 Å². The van der Waals surface area contributed by atoms with Crippen LogP contribution in [0.15, 0.2) is 35.3 Å². The smallest absolute Gasteiger partial charge is 0.136 e. The van der Waals surface area contributed by atoms with Crippen LogP contribution >= 0.6 is 15.9 Å². The third kappa shape index (κ3) is 2.23. The zero-order valence-electron chi connectivity index (χ0n) is 9.61. The summed E-state index contributed by atoms with van der Waals surface area (Å²) in [6.07, 6.45) is 1.71. The zero-order chi connectivity index (χ0) is 12.4. The van der Waals surface area contributed by atoms with Crippen LogP contribution in [0.2, 0.25) is 0 Å². The molecule has 1 aromatic carbocycles. The Hall–Kier alpha value is -1.26. The number of ether oxygens (including phenoxy) is 1. The Morgan fingerprint density at radius 1 is 1.47 bits per heavy atom. The topological polar surface area (TPSA) is 34.4 Å². The Labute approximate surface area is 108 Å². The number of rotatable bonds is 4. The lowest BCUT2D eigenvalue weighted by molar-refractivity contribution is 0.273. The van der Waals surface area contributed by atoms with Crippen molar-refractivity contribution in [2.75, 3.05) is 6.61 Å². The fourth-order valence-electron chi connectivity index (χ4n) is 1.81. The largest absolute Gasteiger partial charge is 0.488 e. The first-order valence-electron chi connectivity index (χ1n) is 5.29. The van der Waals surface area contributed by atoms with Gasteiger partial charge in [-0.3, -0.25) is 0 Å². The van der Waals surface area contributed by atoms with Gasteiger partial charge < -0.3 is 14.4 Å². The van der Waals surface area contributed by atoms with E-state index in [9.17, 15) is 5.11 Å². The van der Waals surface area contributed by atoms with Crippen LogP contribution in [-0.4, -0.2) is 16.3 Å². The molecule has 0 aliphatic heterocycles. The molecule has 1 heterocycles. The van der Waals surface area contributed by atoms with Crippen molar-refractivity contribution in [2.24, 2.45) is 7.05 Å². The predicted molar refractivity (Wildman–Crippen MR) is 72.2 cm³/mol. The number of benzene rings is 1. The first-order valence-corrected chi connectivity index (χ1v) is 6.09. The van der Waals surface area contributed by atoms with Crippen molar-refractivity contribution in [2.45, 2.75) is 6.61 Å². The molecule has 0 atom stereocenters. The molecule has 3 nitrogen and oxygen atoms in total. The van der Waals surface area contributed by atoms with Crippen molar-refractivity contribution in [3.63, 3.8) is 0 Å². The van der Waals surface area contributed by atoms with Gasteiger partial charge >= 0.3 is 0 Å². The Bertz CT molecular complexity index is 560. The number of fused-ring (bicyclic) bond motifs is 1. The predicted octanol–water partition coefficient (Wildman–Crippen LogP) is 3.00. The van der Waals surface area contributed by atoms with E-state index < -0.39 is 0 Å². The average Bonchev–Trinajstić information content (AvgIpc) is 2.63. The highest BCUT2D eigenvalue weighted by Crippen LogP contribution is 2.32. The summed E-state index contributed by atoms with van der Waals surface area (Å²) in [5.74, 6) is 0.781. The first kappa shape index (κ1) is 12.2. The fourth-order valence-corrected chi connectivity index (χ4v) is 2.28. The standard InChI is InChI=1S/C13H14BrNO2/c1-3-4-17-13-7-12-9(6-11(13)14)5-10(8-16)15(12)2/h3,5-7,16H,1,4,8H2,2H3. The molecule has 2 aromatic rings. The van der Waals surface area contributed by atoms with E-state index in [2.05, 4.69) is 22.5 Å². The third-order valence-electron chi connectivity index (χ3n) is 2.71. The Morgan fingerprint density at radius 2 is 2.24 bits per heavy atom. The van der Waals surface area contributed by atoms with Crippen LogP contribution in [0, 0.1) is 0 Å². The molecule has 1 N–H and O–H groups in total. The number of aliphatic hydroxyl groups is 1. The van der Waals surface area contributed by atoms with Gasteiger partial charge in [-0.1, -0.05) is 12.7 Å². The Balaban J connectivity index is 2.53. The summed E-state index contributed by atoms with van der Waals surface area (Å²) in [6.45, 7) is 4.13. The van der Waals surface area contributed by atoms with Gasteiger partial charge in [-0.05, 0) is 28.1 Å². The lowest BCUT2D eigenvalue weighted by atomic mass is 10.2. The zero-order valence-corrected chi connectivity index (χ0v) is 11.2. The van der Waals surface area contributed by atoms with E-state index in [0.717, 1.165) is 26.8 Å². The molecule has 1 aromatic heterocycles. The van der Waals surface area contributed by atoms with Crippen LogP contribution in [0.5, 0.6) is 5.75 Å². The van der Waals surface area contributed by atoms with Gasteiger partial charge in [0.15, 0.2) is 0 Å². The minimum Gasteiger partial charge on any atom is -0.488 e. The van der Waals surface area contributed by atoms with E-state index in [-0.39, 0.29) is 6.61 Å². The molecule has 0 aliphatic carbocycles. The molecule has 0 amide bonds. The molecule has 0 spiro atoms. The second-order valence-corrected chi connectivity index (χ2v) is 4.65. The van der Waals surface area contributed by atoms with Crippen molar-refractivity contribution < 1.29 is 9.84 Å². The van der Waals surface area contributed by atoms with Gasteiger partial charge in [0.1, 0.15) is 12.4 Å². The monoisotopic (exact) mass is 295 g/mol. The number of hydrogen-bond donors (Lipinski definition) is 1. The van der Waals surface area contributed by atoms with E-state index in [1.54, 1.807) is 6.08 Å². The summed E-state index contributed by atoms with van der Waals surface area (Å²) >= 11 is 3.47. The lowest BCUT2D eigenvalue weighted by Gasteiger charge is -2.07. The molecule has 2 rings (SSSR count). The molecular weight excluding hydrogens is 282 g/mol. The number of aliphatic hydroxyl groups excluding tert-OH is 1. The SMILES string of the molecule is C=CCOc1cc2c(cc1Br)cc(CO)n2C. The summed E-state index contributed by atoms with van der Waals surface area (Å²) < 4.78 is 8.42. The summed E-state index contributed by atoms with van der Waals surface area (Å²) in [5, 5.41) is 10.3. The number of hydrogen-bond acceptors (Lipinski definition) is 2. The van der Waals surface area contributed by atoms with Crippen molar-refractivity contribution >= 4 is 26.8 Å². The Kier molecular flexibility index (Phi) is 3.54. The van der Waals surface area contributed by atoms with Gasteiger partial charge in [0.25, 0.3) is 0 Å². The van der Waals surface area contributed by atoms with Gasteiger partial charge in [-0.25, -0.2) is 0 Å². The third-order valence-corrected chi connectivity index (χ3v) is 3.33. The van der Waals surface area contributed by atoms with Crippen LogP contribution in [-0.2, 0) is 13.7 Å². The van der Waals surface area contributed by atoms with Crippen molar-refractivity contribution in [3.8, 4) is 5.75 Å². The van der Waals surface area contributed by atoms with Gasteiger partial charge in [-0.2, -0.15) is 0 Å². The van der Waals surface area contributed by atoms with Crippen LogP contribution in [0.4, 0.5) is 0 Å². The number of aromatic nitrogens is 1. The maximum Gasteiger partial charge on any atom is 0.136 e. The Morgan fingerprint density at radius 3 is 2.88 bits per heavy atom. The van der Waals surface area contributed by atoms with Crippen molar-refractivity contribution in [1.82, 2.24) is 4.57 Å². The molecule has 90 valence electrons. The highest BCUT2D eigenvalue weighted by atomic mass is 79.9. The highest BCUT2D eigenvalue weighted by molar-refractivity contribution is 9.10. The summed E-state index contributed by atoms with van der Waals surface area (Å²) in [7, 11) is 1.93. The van der Waals surface area contributed by atoms with Gasteiger partial charge in [0, 0.05) is 24.2 Å². The average molecular weight is 296 g/mol. The van der Waals surface area contributed by atoms with Gasteiger partial charge in [-0.15, -0.1) is 0 Å². The molecule has 17 heavy (non-hydrogen) atoms. The molecule has 0 fully saturated rings. The molecule has 0 saturated heterocycles. The second-order valence-electron chi connectivity index (χ2n) is 3.79. The number of aryl methyl sites for hydroxylation is 1. The second kappa shape index (κ2) is 4.94. The summed E-state index contributed by atoms with van der Waals surface area (Å²) in [5.41, 5.74) is 1.92. The van der Waals surface area contributed by atoms with Gasteiger partial charge in [0.2, 0.25) is 0 Å². The van der Waals surface area contributed by atoms with E-state index >= 15 is 0 Å². The van der Waals surface area contributed by atoms with E-state index in [1.165, 1.54) is 0 Å². The molecule has 0 unspecified atom stereocenters. The van der Waals surface area contributed by atoms with E-state index in [1.807, 2.05) is 29.8 Å². The van der Waals surface area contributed by atoms with E-state index in [0.29, 0.717) is 6.61 Å². The van der Waals surface area contributed by atoms with Crippen LogP contribution in [0.3, 0.4) is 0 Å². The minimum absolute atomic E-state index is 0.0334. The summed E-state index contributed by atoms with van der Waals surface area (Å²) in [6, 6.07) is 5.92. The van der Waals surface area contributed by atoms with Crippen molar-refractivity contribution in [3.05, 3.63) is 41.0 Å². The maximum absolute atomic E-state index is 9.22. The quantitative estimate of drug-likeness (QED) is 0.880. The molecule has 4 heteroatoms.